The van der Waals surface area contributed by atoms with E-state index < -0.39 is 12.0 Å². The summed E-state index contributed by atoms with van der Waals surface area (Å²) in [5.74, 6) is -0.209. The van der Waals surface area contributed by atoms with Gasteiger partial charge in [0.1, 0.15) is 6.04 Å². The predicted octanol–water partition coefficient (Wildman–Crippen LogP) is 2.13. The average molecular weight is 244 g/mol. The molecule has 1 aliphatic rings. The molecule has 0 amide bonds. The number of carbonyl (C=O) groups is 1. The van der Waals surface area contributed by atoms with E-state index in [0.29, 0.717) is 10.8 Å². The van der Waals surface area contributed by atoms with Crippen molar-refractivity contribution in [1.82, 2.24) is 5.32 Å². The first-order valence-electron chi connectivity index (χ1n) is 4.53. The summed E-state index contributed by atoms with van der Waals surface area (Å²) in [7, 11) is 0. The number of halogens is 1. The van der Waals surface area contributed by atoms with Gasteiger partial charge in [0.15, 0.2) is 0 Å². The van der Waals surface area contributed by atoms with Gasteiger partial charge in [-0.05, 0) is 17.7 Å². The van der Waals surface area contributed by atoms with Crippen molar-refractivity contribution in [1.29, 1.82) is 0 Å². The van der Waals surface area contributed by atoms with Gasteiger partial charge in [-0.1, -0.05) is 23.7 Å². The van der Waals surface area contributed by atoms with Gasteiger partial charge in [-0.2, -0.15) is 0 Å². The van der Waals surface area contributed by atoms with Crippen LogP contribution in [0.3, 0.4) is 0 Å². The van der Waals surface area contributed by atoms with Crippen LogP contribution in [-0.4, -0.2) is 22.9 Å². The number of hydrogen-bond acceptors (Lipinski definition) is 3. The molecule has 0 bridgehead atoms. The lowest BCUT2D eigenvalue weighted by Gasteiger charge is -2.11. The van der Waals surface area contributed by atoms with Crippen LogP contribution in [0.2, 0.25) is 5.02 Å². The summed E-state index contributed by atoms with van der Waals surface area (Å²) in [4.78, 5) is 10.7. The molecule has 0 radical (unpaired) electrons. The molecule has 1 heterocycles. The summed E-state index contributed by atoms with van der Waals surface area (Å²) < 4.78 is 0. The van der Waals surface area contributed by atoms with Crippen LogP contribution in [0.5, 0.6) is 0 Å². The monoisotopic (exact) mass is 243 g/mol. The summed E-state index contributed by atoms with van der Waals surface area (Å²) in [6.45, 7) is 0. The Balaban J connectivity index is 2.11. The molecule has 0 saturated carbocycles. The third kappa shape index (κ3) is 2.45. The van der Waals surface area contributed by atoms with Gasteiger partial charge < -0.3 is 5.11 Å². The molecule has 2 rings (SSSR count). The van der Waals surface area contributed by atoms with Gasteiger partial charge in [-0.15, -0.1) is 11.8 Å². The highest BCUT2D eigenvalue weighted by molar-refractivity contribution is 7.99. The van der Waals surface area contributed by atoms with Crippen molar-refractivity contribution in [2.75, 3.05) is 5.75 Å². The van der Waals surface area contributed by atoms with Gasteiger partial charge in [-0.25, -0.2) is 0 Å². The van der Waals surface area contributed by atoms with Gasteiger partial charge in [0.2, 0.25) is 0 Å². The number of aliphatic carboxylic acids is 1. The van der Waals surface area contributed by atoms with Crippen molar-refractivity contribution in [3.8, 4) is 0 Å². The normalized spacial score (nSPS) is 25.4. The summed E-state index contributed by atoms with van der Waals surface area (Å²) in [5, 5.41) is 12.6. The molecular formula is C10H10ClNO2S. The number of carboxylic acids is 1. The second-order valence-corrected chi connectivity index (χ2v) is 4.90. The molecule has 15 heavy (non-hydrogen) atoms. The topological polar surface area (TPSA) is 49.3 Å². The van der Waals surface area contributed by atoms with E-state index in [4.69, 9.17) is 16.7 Å². The number of benzene rings is 1. The lowest BCUT2D eigenvalue weighted by molar-refractivity contribution is -0.138. The number of rotatable bonds is 2. The number of carboxylic acid groups (broad SMARTS) is 1. The first kappa shape index (κ1) is 10.8. The zero-order valence-corrected chi connectivity index (χ0v) is 9.39. The van der Waals surface area contributed by atoms with E-state index in [2.05, 4.69) is 5.32 Å². The van der Waals surface area contributed by atoms with E-state index in [1.54, 1.807) is 17.8 Å². The van der Waals surface area contributed by atoms with Gasteiger partial charge in [0, 0.05) is 10.8 Å². The van der Waals surface area contributed by atoms with Gasteiger partial charge >= 0.3 is 5.97 Å². The Labute approximate surface area is 96.8 Å². The Bertz CT molecular complexity index is 385. The van der Waals surface area contributed by atoms with Gasteiger partial charge in [0.25, 0.3) is 0 Å². The van der Waals surface area contributed by atoms with Crippen molar-refractivity contribution < 1.29 is 9.90 Å². The molecule has 2 atom stereocenters. The van der Waals surface area contributed by atoms with E-state index in [-0.39, 0.29) is 5.37 Å². The minimum atomic E-state index is -0.799. The molecule has 1 aliphatic heterocycles. The SMILES string of the molecule is O=C(O)[C@@H]1CSC(c2cccc(Cl)c2)N1. The lowest BCUT2D eigenvalue weighted by Crippen LogP contribution is -2.33. The average Bonchev–Trinajstić information content (AvgIpc) is 2.66. The van der Waals surface area contributed by atoms with Crippen molar-refractivity contribution in [3.63, 3.8) is 0 Å². The Morgan fingerprint density at radius 1 is 1.60 bits per heavy atom. The van der Waals surface area contributed by atoms with Crippen molar-refractivity contribution in [2.45, 2.75) is 11.4 Å². The quantitative estimate of drug-likeness (QED) is 0.836. The maximum absolute atomic E-state index is 10.7. The van der Waals surface area contributed by atoms with Crippen LogP contribution in [0.15, 0.2) is 24.3 Å². The number of nitrogens with one attached hydrogen (secondary N) is 1. The largest absolute Gasteiger partial charge is 0.480 e. The van der Waals surface area contributed by atoms with Crippen LogP contribution in [0.4, 0.5) is 0 Å². The molecule has 1 aromatic rings. The standard InChI is InChI=1S/C10H10ClNO2S/c11-7-3-1-2-6(4-7)9-12-8(5-15-9)10(13)14/h1-4,8-9,12H,5H2,(H,13,14)/t8-,9?/m0/s1. The van der Waals surface area contributed by atoms with Gasteiger partial charge in [-0.3, -0.25) is 10.1 Å². The summed E-state index contributed by atoms with van der Waals surface area (Å²) in [5.41, 5.74) is 1.02. The molecular weight excluding hydrogens is 234 g/mol. The van der Waals surface area contributed by atoms with Crippen LogP contribution >= 0.6 is 23.4 Å². The van der Waals surface area contributed by atoms with Crippen molar-refractivity contribution >= 4 is 29.3 Å². The highest BCUT2D eigenvalue weighted by Gasteiger charge is 2.30. The molecule has 1 unspecified atom stereocenters. The van der Waals surface area contributed by atoms with E-state index in [1.165, 1.54) is 0 Å². The first-order chi connectivity index (χ1) is 7.16. The molecule has 3 nitrogen and oxygen atoms in total. The van der Waals surface area contributed by atoms with Crippen LogP contribution in [0.1, 0.15) is 10.9 Å². The van der Waals surface area contributed by atoms with E-state index >= 15 is 0 Å². The zero-order valence-electron chi connectivity index (χ0n) is 7.81. The fraction of sp³-hybridized carbons (Fsp3) is 0.300. The van der Waals surface area contributed by atoms with E-state index in [9.17, 15) is 4.79 Å². The Morgan fingerprint density at radius 3 is 3.00 bits per heavy atom. The van der Waals surface area contributed by atoms with Gasteiger partial charge in [0.05, 0.1) is 5.37 Å². The molecule has 80 valence electrons. The lowest BCUT2D eigenvalue weighted by atomic mass is 10.2. The highest BCUT2D eigenvalue weighted by atomic mass is 35.5. The molecule has 5 heteroatoms. The second-order valence-electron chi connectivity index (χ2n) is 3.33. The van der Waals surface area contributed by atoms with Crippen LogP contribution in [0.25, 0.3) is 0 Å². The zero-order chi connectivity index (χ0) is 10.8. The Morgan fingerprint density at radius 2 is 2.40 bits per heavy atom. The van der Waals surface area contributed by atoms with Crippen molar-refractivity contribution in [3.05, 3.63) is 34.9 Å². The number of hydrogen-bond donors (Lipinski definition) is 2. The molecule has 1 saturated heterocycles. The summed E-state index contributed by atoms with van der Waals surface area (Å²) in [6, 6.07) is 7.02. The Hall–Kier alpha value is -0.710. The smallest absolute Gasteiger partial charge is 0.321 e. The fourth-order valence-corrected chi connectivity index (χ4v) is 2.90. The van der Waals surface area contributed by atoms with E-state index in [0.717, 1.165) is 5.56 Å². The first-order valence-corrected chi connectivity index (χ1v) is 5.95. The predicted molar refractivity (Wildman–Crippen MR) is 61.2 cm³/mol. The molecule has 0 aromatic heterocycles. The molecule has 1 aromatic carbocycles. The van der Waals surface area contributed by atoms with E-state index in [1.807, 2.05) is 18.2 Å². The fourth-order valence-electron chi connectivity index (χ4n) is 1.48. The minimum absolute atomic E-state index is 0.0322. The molecule has 0 aliphatic carbocycles. The van der Waals surface area contributed by atoms with Crippen LogP contribution in [0, 0.1) is 0 Å². The minimum Gasteiger partial charge on any atom is -0.480 e. The highest BCUT2D eigenvalue weighted by Crippen LogP contribution is 2.33. The molecule has 2 N–H and O–H groups in total. The molecule has 1 fully saturated rings. The third-order valence-electron chi connectivity index (χ3n) is 2.23. The maximum Gasteiger partial charge on any atom is 0.321 e. The Kier molecular flexibility index (Phi) is 3.19. The summed E-state index contributed by atoms with van der Waals surface area (Å²) >= 11 is 7.46. The van der Waals surface area contributed by atoms with Crippen molar-refractivity contribution in [2.24, 2.45) is 0 Å². The molecule has 0 spiro atoms. The second kappa shape index (κ2) is 4.43. The third-order valence-corrected chi connectivity index (χ3v) is 3.73. The maximum atomic E-state index is 10.7. The number of thioether (sulfide) groups is 1. The summed E-state index contributed by atoms with van der Waals surface area (Å²) in [6.07, 6.45) is 0. The van der Waals surface area contributed by atoms with Crippen LogP contribution < -0.4 is 5.32 Å². The van der Waals surface area contributed by atoms with Crippen LogP contribution in [-0.2, 0) is 4.79 Å².